The fraction of sp³-hybridized carbons (Fsp3) is 0.318. The van der Waals surface area contributed by atoms with Gasteiger partial charge in [0.2, 0.25) is 0 Å². The topological polar surface area (TPSA) is 77.5 Å². The highest BCUT2D eigenvalue weighted by atomic mass is 32.1. The van der Waals surface area contributed by atoms with Gasteiger partial charge in [-0.15, -0.1) is 0 Å². The maximum atomic E-state index is 12.5. The number of benzene rings is 2. The molecule has 0 aliphatic rings. The van der Waals surface area contributed by atoms with Crippen molar-refractivity contribution in [2.45, 2.75) is 33.1 Å². The highest BCUT2D eigenvalue weighted by Gasteiger charge is 2.13. The van der Waals surface area contributed by atoms with Gasteiger partial charge in [-0.25, -0.2) is 9.78 Å². The third-order valence-electron chi connectivity index (χ3n) is 4.17. The van der Waals surface area contributed by atoms with E-state index in [9.17, 15) is 9.59 Å². The first-order valence-electron chi connectivity index (χ1n) is 9.72. The van der Waals surface area contributed by atoms with Crippen LogP contribution in [0.1, 0.15) is 53.8 Å². The van der Waals surface area contributed by atoms with Crippen LogP contribution in [0.15, 0.2) is 42.5 Å². The van der Waals surface area contributed by atoms with Crippen LogP contribution in [0.4, 0.5) is 5.13 Å². The number of carbonyl (C=O) groups excluding carboxylic acids is 2. The number of ether oxygens (including phenoxy) is 2. The average Bonchev–Trinajstić information content (AvgIpc) is 3.14. The molecule has 0 saturated carbocycles. The largest absolute Gasteiger partial charge is 0.494 e. The van der Waals surface area contributed by atoms with Crippen LogP contribution >= 0.6 is 11.3 Å². The normalized spacial score (nSPS) is 10.7. The second-order valence-corrected chi connectivity index (χ2v) is 7.55. The molecule has 29 heavy (non-hydrogen) atoms. The second-order valence-electron chi connectivity index (χ2n) is 6.52. The fourth-order valence-electron chi connectivity index (χ4n) is 2.59. The van der Waals surface area contributed by atoms with Crippen LogP contribution in [0.2, 0.25) is 0 Å². The number of esters is 1. The van der Waals surface area contributed by atoms with Gasteiger partial charge in [-0.05, 0) is 55.3 Å². The number of carbonyl (C=O) groups is 2. The summed E-state index contributed by atoms with van der Waals surface area (Å²) in [7, 11) is 0. The second kappa shape index (κ2) is 10.0. The molecular weight excluding hydrogens is 388 g/mol. The van der Waals surface area contributed by atoms with Crippen LogP contribution in [0.3, 0.4) is 0 Å². The Kier molecular flexibility index (Phi) is 7.19. The van der Waals surface area contributed by atoms with Crippen LogP contribution in [0.5, 0.6) is 5.75 Å². The molecule has 0 spiro atoms. The number of nitrogens with one attached hydrogen (secondary N) is 1. The summed E-state index contributed by atoms with van der Waals surface area (Å²) in [6.45, 7) is 5.14. The van der Waals surface area contributed by atoms with Gasteiger partial charge in [0.25, 0.3) is 5.91 Å². The number of aromatic nitrogens is 1. The lowest BCUT2D eigenvalue weighted by Gasteiger charge is -2.05. The Bertz CT molecular complexity index is 982. The van der Waals surface area contributed by atoms with Gasteiger partial charge in [0.05, 0.1) is 29.0 Å². The lowest BCUT2D eigenvalue weighted by Crippen LogP contribution is -2.11. The molecule has 3 aromatic rings. The predicted molar refractivity (Wildman–Crippen MR) is 115 cm³/mol. The highest BCUT2D eigenvalue weighted by Crippen LogP contribution is 2.27. The van der Waals surface area contributed by atoms with Crippen LogP contribution < -0.4 is 10.1 Å². The predicted octanol–water partition coefficient (Wildman–Crippen LogP) is 5.29. The van der Waals surface area contributed by atoms with E-state index in [0.29, 0.717) is 29.5 Å². The first kappa shape index (κ1) is 20.8. The van der Waals surface area contributed by atoms with Crippen molar-refractivity contribution < 1.29 is 19.1 Å². The van der Waals surface area contributed by atoms with E-state index in [1.807, 2.05) is 13.8 Å². The summed E-state index contributed by atoms with van der Waals surface area (Å²) in [4.78, 5) is 29.0. The maximum Gasteiger partial charge on any atom is 0.338 e. The Labute approximate surface area is 173 Å². The highest BCUT2D eigenvalue weighted by molar-refractivity contribution is 7.22. The van der Waals surface area contributed by atoms with Crippen molar-refractivity contribution >= 4 is 38.6 Å². The molecule has 0 atom stereocenters. The molecule has 152 valence electrons. The van der Waals surface area contributed by atoms with Gasteiger partial charge in [-0.3, -0.25) is 10.1 Å². The zero-order valence-electron chi connectivity index (χ0n) is 16.6. The summed E-state index contributed by atoms with van der Waals surface area (Å²) in [6, 6.07) is 12.2. The van der Waals surface area contributed by atoms with Crippen molar-refractivity contribution in [3.8, 4) is 5.75 Å². The Morgan fingerprint density at radius 2 is 1.76 bits per heavy atom. The molecule has 1 heterocycles. The van der Waals surface area contributed by atoms with E-state index >= 15 is 0 Å². The van der Waals surface area contributed by atoms with Crippen molar-refractivity contribution in [2.24, 2.45) is 0 Å². The smallest absolute Gasteiger partial charge is 0.338 e. The first-order valence-corrected chi connectivity index (χ1v) is 10.5. The molecule has 3 rings (SSSR count). The molecule has 2 aromatic carbocycles. The lowest BCUT2D eigenvalue weighted by molar-refractivity contribution is 0.0500. The van der Waals surface area contributed by atoms with E-state index < -0.39 is 0 Å². The van der Waals surface area contributed by atoms with Gasteiger partial charge in [0, 0.05) is 5.56 Å². The van der Waals surface area contributed by atoms with Gasteiger partial charge < -0.3 is 9.47 Å². The molecule has 0 aliphatic heterocycles. The molecule has 0 bridgehead atoms. The number of amides is 1. The quantitative estimate of drug-likeness (QED) is 0.381. The van der Waals surface area contributed by atoms with Crippen LogP contribution in [-0.2, 0) is 4.74 Å². The summed E-state index contributed by atoms with van der Waals surface area (Å²) in [6.07, 6.45) is 2.74. The molecule has 6 nitrogen and oxygen atoms in total. The summed E-state index contributed by atoms with van der Waals surface area (Å²) in [5.41, 5.74) is 1.73. The molecule has 0 radical (unpaired) electrons. The van der Waals surface area contributed by atoms with Gasteiger partial charge in [-0.1, -0.05) is 31.6 Å². The molecule has 0 unspecified atom stereocenters. The Morgan fingerprint density at radius 1 is 1.00 bits per heavy atom. The summed E-state index contributed by atoms with van der Waals surface area (Å²) < 4.78 is 11.6. The lowest BCUT2D eigenvalue weighted by atomic mass is 10.2. The number of rotatable bonds is 9. The zero-order valence-corrected chi connectivity index (χ0v) is 17.4. The number of fused-ring (bicyclic) bond motifs is 1. The van der Waals surface area contributed by atoms with Gasteiger partial charge in [0.1, 0.15) is 5.75 Å². The van der Waals surface area contributed by atoms with Gasteiger partial charge >= 0.3 is 5.97 Å². The summed E-state index contributed by atoms with van der Waals surface area (Å²) in [5, 5.41) is 3.29. The number of unbranched alkanes of at least 4 members (excludes halogenated alkanes) is 1. The van der Waals surface area contributed by atoms with Crippen LogP contribution in [0.25, 0.3) is 10.2 Å². The summed E-state index contributed by atoms with van der Waals surface area (Å²) in [5.74, 6) is 0.150. The molecule has 0 aliphatic carbocycles. The van der Waals surface area contributed by atoms with E-state index in [-0.39, 0.29) is 11.9 Å². The fourth-order valence-corrected chi connectivity index (χ4v) is 3.49. The van der Waals surface area contributed by atoms with Crippen molar-refractivity contribution in [2.75, 3.05) is 18.5 Å². The van der Waals surface area contributed by atoms with E-state index in [1.54, 1.807) is 42.5 Å². The number of thiazole rings is 1. The van der Waals surface area contributed by atoms with Crippen molar-refractivity contribution in [3.05, 3.63) is 53.6 Å². The maximum absolute atomic E-state index is 12.5. The third-order valence-corrected chi connectivity index (χ3v) is 5.10. The van der Waals surface area contributed by atoms with E-state index in [1.165, 1.54) is 11.3 Å². The first-order chi connectivity index (χ1) is 14.1. The van der Waals surface area contributed by atoms with E-state index in [2.05, 4.69) is 10.3 Å². The minimum Gasteiger partial charge on any atom is -0.494 e. The number of hydrogen-bond acceptors (Lipinski definition) is 6. The standard InChI is InChI=1S/C22H24N2O4S/c1-3-5-13-28-21(26)16-8-11-18-19(14-16)29-22(23-18)24-20(25)15-6-9-17(10-7-15)27-12-4-2/h6-11,14H,3-5,12-13H2,1-2H3,(H,23,24,25). The van der Waals surface area contributed by atoms with E-state index in [0.717, 1.165) is 35.2 Å². The van der Waals surface area contributed by atoms with Crippen molar-refractivity contribution in [3.63, 3.8) is 0 Å². The zero-order chi connectivity index (χ0) is 20.6. The molecule has 1 amide bonds. The molecule has 0 saturated heterocycles. The van der Waals surface area contributed by atoms with Gasteiger partial charge in [0.15, 0.2) is 5.13 Å². The number of nitrogens with zero attached hydrogens (tertiary/aromatic N) is 1. The number of anilines is 1. The van der Waals surface area contributed by atoms with Crippen molar-refractivity contribution in [1.29, 1.82) is 0 Å². The molecule has 0 fully saturated rings. The molecule has 7 heteroatoms. The molecule has 1 N–H and O–H groups in total. The Balaban J connectivity index is 1.67. The minimum absolute atomic E-state index is 0.245. The molecule has 1 aromatic heterocycles. The summed E-state index contributed by atoms with van der Waals surface area (Å²) >= 11 is 1.32. The Morgan fingerprint density at radius 3 is 2.48 bits per heavy atom. The monoisotopic (exact) mass is 412 g/mol. The number of hydrogen-bond donors (Lipinski definition) is 1. The van der Waals surface area contributed by atoms with Gasteiger partial charge in [-0.2, -0.15) is 0 Å². The SMILES string of the molecule is CCCCOC(=O)c1ccc2nc(NC(=O)c3ccc(OCCC)cc3)sc2c1. The third kappa shape index (κ3) is 5.54. The average molecular weight is 413 g/mol. The molecular formula is C22H24N2O4S. The van der Waals surface area contributed by atoms with E-state index in [4.69, 9.17) is 9.47 Å². The Hall–Kier alpha value is -2.93. The minimum atomic E-state index is -0.343. The van der Waals surface area contributed by atoms with Crippen molar-refractivity contribution in [1.82, 2.24) is 4.98 Å². The van der Waals surface area contributed by atoms with Crippen LogP contribution in [-0.4, -0.2) is 30.1 Å². The van der Waals surface area contributed by atoms with Crippen LogP contribution in [0, 0.1) is 0 Å².